The van der Waals surface area contributed by atoms with Crippen molar-refractivity contribution in [1.82, 2.24) is 4.98 Å². The van der Waals surface area contributed by atoms with E-state index in [0.717, 1.165) is 11.4 Å². The van der Waals surface area contributed by atoms with Gasteiger partial charge in [-0.2, -0.15) is 0 Å². The number of nitrogens with one attached hydrogen (secondary N) is 1. The number of rotatable bonds is 5. The van der Waals surface area contributed by atoms with Gasteiger partial charge in [0.05, 0.1) is 6.61 Å². The van der Waals surface area contributed by atoms with E-state index in [1.165, 1.54) is 0 Å². The van der Waals surface area contributed by atoms with Crippen molar-refractivity contribution in [3.8, 4) is 5.75 Å². The van der Waals surface area contributed by atoms with Gasteiger partial charge in [0.15, 0.2) is 0 Å². The standard InChI is InChI=1S/C16H18N2O2.ClH/c1-12(2)11-20-15-5-3-14(4-6-15)18-16(19)13-7-9-17-10-8-13;/h3-10,12H,11H2,1-2H3,(H,18,19);1H. The predicted molar refractivity (Wildman–Crippen MR) is 86.2 cm³/mol. The lowest BCUT2D eigenvalue weighted by molar-refractivity contribution is 0.102. The van der Waals surface area contributed by atoms with Crippen LogP contribution >= 0.6 is 12.4 Å². The number of amides is 1. The highest BCUT2D eigenvalue weighted by atomic mass is 35.5. The molecule has 4 nitrogen and oxygen atoms in total. The number of benzene rings is 1. The van der Waals surface area contributed by atoms with Gasteiger partial charge in [0.2, 0.25) is 0 Å². The van der Waals surface area contributed by atoms with E-state index in [9.17, 15) is 4.79 Å². The van der Waals surface area contributed by atoms with Crippen LogP contribution in [0.15, 0.2) is 48.8 Å². The van der Waals surface area contributed by atoms with Crippen LogP contribution in [0.1, 0.15) is 24.2 Å². The van der Waals surface area contributed by atoms with E-state index in [0.29, 0.717) is 18.1 Å². The molecule has 2 rings (SSSR count). The minimum absolute atomic E-state index is 0. The molecule has 0 fully saturated rings. The molecule has 0 unspecified atom stereocenters. The summed E-state index contributed by atoms with van der Waals surface area (Å²) in [5.41, 5.74) is 1.32. The fourth-order valence-electron chi connectivity index (χ4n) is 1.60. The van der Waals surface area contributed by atoms with E-state index in [-0.39, 0.29) is 18.3 Å². The second kappa shape index (κ2) is 8.27. The zero-order chi connectivity index (χ0) is 14.4. The lowest BCUT2D eigenvalue weighted by atomic mass is 10.2. The van der Waals surface area contributed by atoms with E-state index in [2.05, 4.69) is 24.1 Å². The molecule has 0 spiro atoms. The molecule has 0 aliphatic heterocycles. The van der Waals surface area contributed by atoms with Gasteiger partial charge in [-0.1, -0.05) is 13.8 Å². The summed E-state index contributed by atoms with van der Waals surface area (Å²) in [6.45, 7) is 4.88. The summed E-state index contributed by atoms with van der Waals surface area (Å²) in [7, 11) is 0. The molecule has 0 bridgehead atoms. The fraction of sp³-hybridized carbons (Fsp3) is 0.250. The Balaban J connectivity index is 0.00000220. The average molecular weight is 307 g/mol. The van der Waals surface area contributed by atoms with E-state index in [4.69, 9.17) is 4.74 Å². The van der Waals surface area contributed by atoms with Crippen LogP contribution in [-0.2, 0) is 0 Å². The Bertz CT molecular complexity index is 556. The molecule has 0 saturated carbocycles. The van der Waals surface area contributed by atoms with Crippen molar-refractivity contribution in [2.45, 2.75) is 13.8 Å². The number of nitrogens with zero attached hydrogens (tertiary/aromatic N) is 1. The first-order valence-corrected chi connectivity index (χ1v) is 6.59. The van der Waals surface area contributed by atoms with Crippen molar-refractivity contribution in [2.75, 3.05) is 11.9 Å². The van der Waals surface area contributed by atoms with Crippen LogP contribution in [-0.4, -0.2) is 17.5 Å². The third-order valence-corrected chi connectivity index (χ3v) is 2.64. The summed E-state index contributed by atoms with van der Waals surface area (Å²) in [5, 5.41) is 2.83. The van der Waals surface area contributed by atoms with Gasteiger partial charge in [-0.25, -0.2) is 0 Å². The Morgan fingerprint density at radius 1 is 1.14 bits per heavy atom. The molecular weight excluding hydrogens is 288 g/mol. The van der Waals surface area contributed by atoms with E-state index >= 15 is 0 Å². The van der Waals surface area contributed by atoms with Crippen LogP contribution in [0, 0.1) is 5.92 Å². The van der Waals surface area contributed by atoms with Crippen LogP contribution < -0.4 is 10.1 Å². The van der Waals surface area contributed by atoms with Crippen molar-refractivity contribution in [2.24, 2.45) is 5.92 Å². The quantitative estimate of drug-likeness (QED) is 0.914. The van der Waals surface area contributed by atoms with Gasteiger partial charge < -0.3 is 10.1 Å². The van der Waals surface area contributed by atoms with Crippen molar-refractivity contribution in [3.05, 3.63) is 54.4 Å². The second-order valence-corrected chi connectivity index (χ2v) is 4.92. The molecule has 1 amide bonds. The van der Waals surface area contributed by atoms with E-state index in [1.807, 2.05) is 24.3 Å². The maximum absolute atomic E-state index is 11.9. The monoisotopic (exact) mass is 306 g/mol. The zero-order valence-electron chi connectivity index (χ0n) is 12.1. The first-order valence-electron chi connectivity index (χ1n) is 6.59. The summed E-state index contributed by atoms with van der Waals surface area (Å²) in [5.74, 6) is 1.14. The minimum Gasteiger partial charge on any atom is -0.493 e. The lowest BCUT2D eigenvalue weighted by Crippen LogP contribution is -2.11. The Labute approximate surface area is 131 Å². The number of aromatic nitrogens is 1. The maximum Gasteiger partial charge on any atom is 0.255 e. The number of anilines is 1. The number of carbonyl (C=O) groups excluding carboxylic acids is 1. The fourth-order valence-corrected chi connectivity index (χ4v) is 1.60. The topological polar surface area (TPSA) is 51.2 Å². The zero-order valence-corrected chi connectivity index (χ0v) is 12.9. The summed E-state index contributed by atoms with van der Waals surface area (Å²) >= 11 is 0. The van der Waals surface area contributed by atoms with Gasteiger partial charge in [0.25, 0.3) is 5.91 Å². The van der Waals surface area contributed by atoms with Gasteiger partial charge in [-0.3, -0.25) is 9.78 Å². The Morgan fingerprint density at radius 2 is 1.76 bits per heavy atom. The van der Waals surface area contributed by atoms with Gasteiger partial charge >= 0.3 is 0 Å². The van der Waals surface area contributed by atoms with Crippen LogP contribution in [0.3, 0.4) is 0 Å². The lowest BCUT2D eigenvalue weighted by Gasteiger charge is -2.10. The number of ether oxygens (including phenoxy) is 1. The largest absolute Gasteiger partial charge is 0.493 e. The molecule has 21 heavy (non-hydrogen) atoms. The molecule has 112 valence electrons. The normalized spacial score (nSPS) is 9.86. The SMILES string of the molecule is CC(C)COc1ccc(NC(=O)c2ccncc2)cc1.Cl. The van der Waals surface area contributed by atoms with Gasteiger partial charge in [0.1, 0.15) is 5.75 Å². The first-order chi connectivity index (χ1) is 9.65. The molecule has 0 atom stereocenters. The van der Waals surface area contributed by atoms with Crippen LogP contribution in [0.5, 0.6) is 5.75 Å². The molecule has 1 aromatic carbocycles. The Hall–Kier alpha value is -2.07. The maximum atomic E-state index is 11.9. The highest BCUT2D eigenvalue weighted by Gasteiger charge is 2.05. The number of hydrogen-bond acceptors (Lipinski definition) is 3. The highest BCUT2D eigenvalue weighted by Crippen LogP contribution is 2.17. The number of pyridine rings is 1. The van der Waals surface area contributed by atoms with Gasteiger partial charge in [0, 0.05) is 23.6 Å². The number of halogens is 1. The molecule has 0 saturated heterocycles. The molecule has 5 heteroatoms. The van der Waals surface area contributed by atoms with Crippen molar-refractivity contribution < 1.29 is 9.53 Å². The summed E-state index contributed by atoms with van der Waals surface area (Å²) in [6, 6.07) is 10.7. The third-order valence-electron chi connectivity index (χ3n) is 2.64. The molecule has 0 aliphatic rings. The summed E-state index contributed by atoms with van der Waals surface area (Å²) in [4.78, 5) is 15.8. The average Bonchev–Trinajstić information content (AvgIpc) is 2.47. The number of hydrogen-bond donors (Lipinski definition) is 1. The molecule has 2 aromatic rings. The van der Waals surface area contributed by atoms with Gasteiger partial charge in [-0.05, 0) is 42.3 Å². The van der Waals surface area contributed by atoms with Crippen molar-refractivity contribution in [3.63, 3.8) is 0 Å². The van der Waals surface area contributed by atoms with Crippen LogP contribution in [0.4, 0.5) is 5.69 Å². The minimum atomic E-state index is -0.150. The van der Waals surface area contributed by atoms with Crippen LogP contribution in [0.25, 0.3) is 0 Å². The second-order valence-electron chi connectivity index (χ2n) is 4.92. The first kappa shape index (κ1) is 17.0. The molecule has 1 aromatic heterocycles. The molecular formula is C16H19ClN2O2. The molecule has 1 N–H and O–H groups in total. The third kappa shape index (κ3) is 5.44. The molecule has 0 aliphatic carbocycles. The Morgan fingerprint density at radius 3 is 2.33 bits per heavy atom. The molecule has 0 radical (unpaired) electrons. The number of carbonyl (C=O) groups is 1. The smallest absolute Gasteiger partial charge is 0.255 e. The van der Waals surface area contributed by atoms with E-state index in [1.54, 1.807) is 24.5 Å². The van der Waals surface area contributed by atoms with Crippen molar-refractivity contribution in [1.29, 1.82) is 0 Å². The summed E-state index contributed by atoms with van der Waals surface area (Å²) < 4.78 is 5.59. The molecule has 1 heterocycles. The van der Waals surface area contributed by atoms with Crippen molar-refractivity contribution >= 4 is 24.0 Å². The van der Waals surface area contributed by atoms with E-state index < -0.39 is 0 Å². The van der Waals surface area contributed by atoms with Crippen LogP contribution in [0.2, 0.25) is 0 Å². The predicted octanol–water partition coefficient (Wildman–Crippen LogP) is 3.79. The Kier molecular flexibility index (Phi) is 6.69. The van der Waals surface area contributed by atoms with Gasteiger partial charge in [-0.15, -0.1) is 12.4 Å². The highest BCUT2D eigenvalue weighted by molar-refractivity contribution is 6.04. The summed E-state index contributed by atoms with van der Waals surface area (Å²) in [6.07, 6.45) is 3.19.